The summed E-state index contributed by atoms with van der Waals surface area (Å²) in [7, 11) is 0. The summed E-state index contributed by atoms with van der Waals surface area (Å²) in [5.41, 5.74) is 2.55. The molecule has 1 aromatic carbocycles. The lowest BCUT2D eigenvalue weighted by molar-refractivity contribution is 0.535. The van der Waals surface area contributed by atoms with Crippen LogP contribution in [0.4, 0.5) is 0 Å². The van der Waals surface area contributed by atoms with E-state index in [4.69, 9.17) is 11.6 Å². The fourth-order valence-corrected chi connectivity index (χ4v) is 2.04. The highest BCUT2D eigenvalue weighted by Gasteiger charge is 2.17. The lowest BCUT2D eigenvalue weighted by Crippen LogP contribution is -2.29. The van der Waals surface area contributed by atoms with Crippen LogP contribution < -0.4 is 5.32 Å². The van der Waals surface area contributed by atoms with Gasteiger partial charge in [-0.1, -0.05) is 63.6 Å². The van der Waals surface area contributed by atoms with Crippen molar-refractivity contribution in [1.29, 1.82) is 0 Å². The molecular weight excluding hydrogens is 242 g/mol. The van der Waals surface area contributed by atoms with E-state index < -0.39 is 0 Å². The smallest absolute Gasteiger partial charge is 0.0406 e. The third-order valence-electron chi connectivity index (χ3n) is 3.19. The number of rotatable bonds is 6. The summed E-state index contributed by atoms with van der Waals surface area (Å²) in [4.78, 5) is 0. The van der Waals surface area contributed by atoms with Crippen molar-refractivity contribution in [1.82, 2.24) is 5.32 Å². The van der Waals surface area contributed by atoms with Gasteiger partial charge in [-0.3, -0.25) is 0 Å². The highest BCUT2D eigenvalue weighted by molar-refractivity contribution is 6.30. The minimum Gasteiger partial charge on any atom is -0.314 e. The first-order chi connectivity index (χ1) is 8.41. The van der Waals surface area contributed by atoms with Crippen molar-refractivity contribution >= 4 is 11.6 Å². The standard InChI is InChI=1S/C16H24ClN/c1-11(2)13(5)16(10-18-12(3)4)14-6-8-15(17)9-7-14/h6-9,11-12,16,18H,5,10H2,1-4H3. The molecule has 0 aliphatic rings. The molecule has 1 unspecified atom stereocenters. The molecule has 100 valence electrons. The van der Waals surface area contributed by atoms with Crippen molar-refractivity contribution in [3.8, 4) is 0 Å². The Labute approximate surface area is 116 Å². The van der Waals surface area contributed by atoms with Crippen LogP contribution in [0, 0.1) is 5.92 Å². The summed E-state index contributed by atoms with van der Waals surface area (Å²) in [5, 5.41) is 4.28. The van der Waals surface area contributed by atoms with Crippen LogP contribution in [-0.2, 0) is 0 Å². The summed E-state index contributed by atoms with van der Waals surface area (Å²) in [5.74, 6) is 0.837. The first kappa shape index (κ1) is 15.3. The second kappa shape index (κ2) is 6.96. The van der Waals surface area contributed by atoms with Crippen LogP contribution in [-0.4, -0.2) is 12.6 Å². The van der Waals surface area contributed by atoms with Gasteiger partial charge in [0.25, 0.3) is 0 Å². The van der Waals surface area contributed by atoms with E-state index in [2.05, 4.69) is 51.7 Å². The molecule has 1 nitrogen and oxygen atoms in total. The monoisotopic (exact) mass is 265 g/mol. The van der Waals surface area contributed by atoms with Gasteiger partial charge in [0.05, 0.1) is 0 Å². The van der Waals surface area contributed by atoms with Crippen molar-refractivity contribution < 1.29 is 0 Å². The SMILES string of the molecule is C=C(C(C)C)C(CNC(C)C)c1ccc(Cl)cc1. The number of halogens is 1. The van der Waals surface area contributed by atoms with Gasteiger partial charge in [-0.25, -0.2) is 0 Å². The average molecular weight is 266 g/mol. The van der Waals surface area contributed by atoms with E-state index in [0.29, 0.717) is 17.9 Å². The largest absolute Gasteiger partial charge is 0.314 e. The molecular formula is C16H24ClN. The summed E-state index contributed by atoms with van der Waals surface area (Å²) < 4.78 is 0. The molecule has 0 radical (unpaired) electrons. The molecule has 0 heterocycles. The number of benzene rings is 1. The van der Waals surface area contributed by atoms with Gasteiger partial charge in [0.2, 0.25) is 0 Å². The lowest BCUT2D eigenvalue weighted by atomic mass is 9.85. The Morgan fingerprint density at radius 1 is 1.17 bits per heavy atom. The minimum atomic E-state index is 0.352. The fourth-order valence-electron chi connectivity index (χ4n) is 1.91. The first-order valence-electron chi connectivity index (χ1n) is 6.59. The van der Waals surface area contributed by atoms with Gasteiger partial charge in [-0.2, -0.15) is 0 Å². The molecule has 2 heteroatoms. The van der Waals surface area contributed by atoms with Crippen LogP contribution in [0.15, 0.2) is 36.4 Å². The number of hydrogen-bond donors (Lipinski definition) is 1. The lowest BCUT2D eigenvalue weighted by Gasteiger charge is -2.24. The molecule has 1 atom stereocenters. The molecule has 1 N–H and O–H groups in total. The van der Waals surface area contributed by atoms with Crippen molar-refractivity contribution in [2.24, 2.45) is 5.92 Å². The Bertz CT molecular complexity index is 379. The molecule has 18 heavy (non-hydrogen) atoms. The summed E-state index contributed by atoms with van der Waals surface area (Å²) in [6, 6.07) is 8.59. The zero-order chi connectivity index (χ0) is 13.7. The molecule has 0 saturated heterocycles. The van der Waals surface area contributed by atoms with Gasteiger partial charge < -0.3 is 5.32 Å². The molecule has 0 aliphatic heterocycles. The van der Waals surface area contributed by atoms with Gasteiger partial charge in [-0.05, 0) is 23.6 Å². The van der Waals surface area contributed by atoms with E-state index in [9.17, 15) is 0 Å². The van der Waals surface area contributed by atoms with Crippen molar-refractivity contribution in [2.75, 3.05) is 6.54 Å². The second-order valence-electron chi connectivity index (χ2n) is 5.40. The number of nitrogens with one attached hydrogen (secondary N) is 1. The summed E-state index contributed by atoms with van der Waals surface area (Å²) >= 11 is 5.95. The predicted octanol–water partition coefficient (Wildman–Crippen LogP) is 4.63. The first-order valence-corrected chi connectivity index (χ1v) is 6.97. The van der Waals surface area contributed by atoms with Crippen LogP contribution in [0.5, 0.6) is 0 Å². The van der Waals surface area contributed by atoms with E-state index in [1.807, 2.05) is 12.1 Å². The maximum atomic E-state index is 5.95. The van der Waals surface area contributed by atoms with Crippen molar-refractivity contribution in [3.63, 3.8) is 0 Å². The maximum Gasteiger partial charge on any atom is 0.0406 e. The van der Waals surface area contributed by atoms with Crippen LogP contribution in [0.2, 0.25) is 5.02 Å². The highest BCUT2D eigenvalue weighted by Crippen LogP contribution is 2.28. The molecule has 0 amide bonds. The van der Waals surface area contributed by atoms with Gasteiger partial charge in [0, 0.05) is 23.5 Å². The highest BCUT2D eigenvalue weighted by atomic mass is 35.5. The Morgan fingerprint density at radius 2 is 1.72 bits per heavy atom. The normalized spacial score (nSPS) is 13.1. The molecule has 0 aliphatic carbocycles. The van der Waals surface area contributed by atoms with E-state index >= 15 is 0 Å². The van der Waals surface area contributed by atoms with Crippen molar-refractivity contribution in [2.45, 2.75) is 39.7 Å². The van der Waals surface area contributed by atoms with Gasteiger partial charge in [0.1, 0.15) is 0 Å². The molecule has 1 rings (SSSR count). The molecule has 0 aromatic heterocycles. The van der Waals surface area contributed by atoms with Gasteiger partial charge >= 0.3 is 0 Å². The van der Waals surface area contributed by atoms with Gasteiger partial charge in [0.15, 0.2) is 0 Å². The van der Waals surface area contributed by atoms with E-state index in [-0.39, 0.29) is 0 Å². The summed E-state index contributed by atoms with van der Waals surface area (Å²) in [6.07, 6.45) is 0. The third-order valence-corrected chi connectivity index (χ3v) is 3.44. The zero-order valence-electron chi connectivity index (χ0n) is 11.8. The van der Waals surface area contributed by atoms with Crippen LogP contribution in [0.3, 0.4) is 0 Å². The van der Waals surface area contributed by atoms with Gasteiger partial charge in [-0.15, -0.1) is 0 Å². The Balaban J connectivity index is 2.89. The predicted molar refractivity (Wildman–Crippen MR) is 81.3 cm³/mol. The molecule has 0 spiro atoms. The fraction of sp³-hybridized carbons (Fsp3) is 0.500. The zero-order valence-corrected chi connectivity index (χ0v) is 12.6. The molecule has 0 bridgehead atoms. The van der Waals surface area contributed by atoms with E-state index in [1.54, 1.807) is 0 Å². The van der Waals surface area contributed by atoms with E-state index in [1.165, 1.54) is 11.1 Å². The molecule has 0 saturated carbocycles. The van der Waals surface area contributed by atoms with Crippen LogP contribution >= 0.6 is 11.6 Å². The minimum absolute atomic E-state index is 0.352. The average Bonchev–Trinajstić information content (AvgIpc) is 2.30. The maximum absolute atomic E-state index is 5.95. The quantitative estimate of drug-likeness (QED) is 0.740. The number of hydrogen-bond acceptors (Lipinski definition) is 1. The second-order valence-corrected chi connectivity index (χ2v) is 5.83. The molecule has 1 aromatic rings. The topological polar surface area (TPSA) is 12.0 Å². The van der Waals surface area contributed by atoms with E-state index in [0.717, 1.165) is 11.6 Å². The third kappa shape index (κ3) is 4.47. The molecule has 0 fully saturated rings. The van der Waals surface area contributed by atoms with Crippen molar-refractivity contribution in [3.05, 3.63) is 47.0 Å². The summed E-state index contributed by atoms with van der Waals surface area (Å²) in [6.45, 7) is 13.9. The van der Waals surface area contributed by atoms with Crippen LogP contribution in [0.1, 0.15) is 39.2 Å². The Morgan fingerprint density at radius 3 is 2.17 bits per heavy atom. The Kier molecular flexibility index (Phi) is 5.90. The van der Waals surface area contributed by atoms with Crippen LogP contribution in [0.25, 0.3) is 0 Å². The Hall–Kier alpha value is -0.790.